The molecule has 0 saturated heterocycles. The molecular formula is C35H58. The van der Waals surface area contributed by atoms with Crippen molar-refractivity contribution in [1.82, 2.24) is 0 Å². The first-order valence-electron chi connectivity index (χ1n) is 16.7. The molecule has 0 bridgehead atoms. The van der Waals surface area contributed by atoms with Gasteiger partial charge < -0.3 is 0 Å². The van der Waals surface area contributed by atoms with Gasteiger partial charge in [-0.05, 0) is 158 Å². The second kappa shape index (κ2) is 8.25. The monoisotopic (exact) mass is 478 g/mol. The minimum absolute atomic E-state index is 0.602. The highest BCUT2D eigenvalue weighted by molar-refractivity contribution is 5.19. The lowest BCUT2D eigenvalue weighted by Gasteiger charge is -2.53. The van der Waals surface area contributed by atoms with Crippen LogP contribution in [0.4, 0.5) is 0 Å². The largest absolute Gasteiger partial charge is 0.0625 e. The lowest BCUT2D eigenvalue weighted by molar-refractivity contribution is -0.0417. The normalized spacial score (nSPS) is 60.9. The Morgan fingerprint density at radius 2 is 1.23 bits per heavy atom. The van der Waals surface area contributed by atoms with Crippen molar-refractivity contribution in [3.05, 3.63) is 0 Å². The summed E-state index contributed by atoms with van der Waals surface area (Å²) in [5.41, 5.74) is 1.31. The van der Waals surface area contributed by atoms with E-state index in [9.17, 15) is 0 Å². The van der Waals surface area contributed by atoms with E-state index in [0.717, 1.165) is 82.9 Å². The van der Waals surface area contributed by atoms with Crippen LogP contribution in [-0.4, -0.2) is 0 Å². The maximum absolute atomic E-state index is 2.80. The third-order valence-corrected chi connectivity index (χ3v) is 14.9. The van der Waals surface area contributed by atoms with Crippen molar-refractivity contribution >= 4 is 0 Å². The summed E-state index contributed by atoms with van der Waals surface area (Å²) >= 11 is 0. The first-order valence-corrected chi connectivity index (χ1v) is 16.7. The van der Waals surface area contributed by atoms with Crippen molar-refractivity contribution < 1.29 is 0 Å². The Balaban J connectivity index is 1.31. The smallest absolute Gasteiger partial charge is 0.0228 e. The Kier molecular flexibility index (Phi) is 5.67. The van der Waals surface area contributed by atoms with Crippen LogP contribution in [0.25, 0.3) is 0 Å². The van der Waals surface area contributed by atoms with Crippen molar-refractivity contribution in [2.24, 2.45) is 93.7 Å². The van der Waals surface area contributed by atoms with Gasteiger partial charge in [-0.25, -0.2) is 0 Å². The van der Waals surface area contributed by atoms with E-state index in [2.05, 4.69) is 41.5 Å². The third kappa shape index (κ3) is 3.28. The molecule has 7 fully saturated rings. The Labute approximate surface area is 218 Å². The Morgan fingerprint density at radius 1 is 0.543 bits per heavy atom. The minimum atomic E-state index is 0.602. The van der Waals surface area contributed by atoms with E-state index < -0.39 is 0 Å². The first-order chi connectivity index (χ1) is 16.7. The molecule has 14 atom stereocenters. The van der Waals surface area contributed by atoms with Gasteiger partial charge >= 0.3 is 0 Å². The van der Waals surface area contributed by atoms with E-state index in [1.54, 1.807) is 64.2 Å². The second-order valence-electron chi connectivity index (χ2n) is 17.1. The standard InChI is InChI=1S/C35H58/c1-20-16-23(4)32-27(17-20)31-29(35(32)18-21(2)15-22(3)19-35)14-13-28-30(31)26-12-11-24-9-7-8-10-25(24)33(26)34(28,5)6/h20-33H,7-19H2,1-6H3. The number of hydrogen-bond donors (Lipinski definition) is 0. The summed E-state index contributed by atoms with van der Waals surface area (Å²) in [5.74, 6) is 14.7. The fraction of sp³-hybridized carbons (Fsp3) is 1.00. The molecule has 7 aliphatic rings. The van der Waals surface area contributed by atoms with Gasteiger partial charge in [0.1, 0.15) is 0 Å². The zero-order valence-corrected chi connectivity index (χ0v) is 24.3. The molecule has 0 N–H and O–H groups in total. The lowest BCUT2D eigenvalue weighted by atomic mass is 9.52. The molecule has 14 unspecified atom stereocenters. The van der Waals surface area contributed by atoms with Crippen LogP contribution in [0.5, 0.6) is 0 Å². The Bertz CT molecular complexity index is 797. The summed E-state index contributed by atoms with van der Waals surface area (Å²) in [6, 6.07) is 0. The van der Waals surface area contributed by atoms with E-state index in [1.807, 2.05) is 0 Å². The molecule has 0 aromatic heterocycles. The molecule has 0 radical (unpaired) electrons. The minimum Gasteiger partial charge on any atom is -0.0625 e. The summed E-state index contributed by atoms with van der Waals surface area (Å²) in [6.07, 6.45) is 20.5. The quantitative estimate of drug-likeness (QED) is 0.325. The predicted octanol–water partition coefficient (Wildman–Crippen LogP) is 9.87. The van der Waals surface area contributed by atoms with Gasteiger partial charge in [0.15, 0.2) is 0 Å². The van der Waals surface area contributed by atoms with Crippen LogP contribution < -0.4 is 0 Å². The lowest BCUT2D eigenvalue weighted by Crippen LogP contribution is -2.45. The first kappa shape index (κ1) is 24.1. The predicted molar refractivity (Wildman–Crippen MR) is 148 cm³/mol. The highest BCUT2D eigenvalue weighted by Crippen LogP contribution is 2.77. The number of fused-ring (bicyclic) bond motifs is 11. The molecule has 0 amide bonds. The molecule has 198 valence electrons. The Morgan fingerprint density at radius 3 is 2.00 bits per heavy atom. The molecule has 0 aromatic carbocycles. The van der Waals surface area contributed by atoms with Crippen LogP contribution in [0, 0.1) is 93.7 Å². The highest BCUT2D eigenvalue weighted by atomic mass is 14.8. The van der Waals surface area contributed by atoms with Crippen LogP contribution in [0.15, 0.2) is 0 Å². The molecule has 35 heavy (non-hydrogen) atoms. The molecule has 0 heterocycles. The van der Waals surface area contributed by atoms with Gasteiger partial charge in [0.05, 0.1) is 0 Å². The van der Waals surface area contributed by atoms with Gasteiger partial charge in [-0.2, -0.15) is 0 Å². The van der Waals surface area contributed by atoms with E-state index in [0.29, 0.717) is 10.8 Å². The average molecular weight is 479 g/mol. The summed E-state index contributed by atoms with van der Waals surface area (Å²) < 4.78 is 0. The maximum atomic E-state index is 2.80. The van der Waals surface area contributed by atoms with Gasteiger partial charge in [-0.1, -0.05) is 60.8 Å². The van der Waals surface area contributed by atoms with Crippen molar-refractivity contribution in [3.8, 4) is 0 Å². The van der Waals surface area contributed by atoms with Gasteiger partial charge in [0, 0.05) is 0 Å². The fourth-order valence-corrected chi connectivity index (χ4v) is 15.1. The molecule has 7 aliphatic carbocycles. The summed E-state index contributed by atoms with van der Waals surface area (Å²) in [5, 5.41) is 0. The molecule has 0 nitrogen and oxygen atoms in total. The van der Waals surface area contributed by atoms with Crippen LogP contribution in [0.3, 0.4) is 0 Å². The zero-order valence-electron chi connectivity index (χ0n) is 24.3. The van der Waals surface area contributed by atoms with Crippen molar-refractivity contribution in [1.29, 1.82) is 0 Å². The van der Waals surface area contributed by atoms with Crippen LogP contribution in [0.1, 0.15) is 125 Å². The molecule has 0 heteroatoms. The van der Waals surface area contributed by atoms with Crippen molar-refractivity contribution in [2.45, 2.75) is 125 Å². The third-order valence-electron chi connectivity index (χ3n) is 14.9. The topological polar surface area (TPSA) is 0 Å². The van der Waals surface area contributed by atoms with Crippen LogP contribution in [-0.2, 0) is 0 Å². The summed E-state index contributed by atoms with van der Waals surface area (Å²) in [6.45, 7) is 16.2. The van der Waals surface area contributed by atoms with Crippen molar-refractivity contribution in [2.75, 3.05) is 0 Å². The SMILES string of the molecule is CC1CC(C)C2C(C1)C1C3C4CCC5CCCCC5C4C(C)(C)C3CCC1C21CC(C)CC(C)C1. The van der Waals surface area contributed by atoms with Gasteiger partial charge in [-0.3, -0.25) is 0 Å². The molecule has 0 aromatic rings. The van der Waals surface area contributed by atoms with Crippen LogP contribution >= 0.6 is 0 Å². The van der Waals surface area contributed by atoms with E-state index in [4.69, 9.17) is 0 Å². The Hall–Kier alpha value is 0. The van der Waals surface area contributed by atoms with Gasteiger partial charge in [0.2, 0.25) is 0 Å². The maximum Gasteiger partial charge on any atom is -0.0228 e. The highest BCUT2D eigenvalue weighted by Gasteiger charge is 2.71. The molecule has 7 rings (SSSR count). The average Bonchev–Trinajstić information content (AvgIpc) is 3.19. The molecular weight excluding hydrogens is 420 g/mol. The second-order valence-corrected chi connectivity index (χ2v) is 17.1. The van der Waals surface area contributed by atoms with E-state index in [1.165, 1.54) is 19.3 Å². The van der Waals surface area contributed by atoms with E-state index in [-0.39, 0.29) is 0 Å². The molecule has 7 saturated carbocycles. The zero-order chi connectivity index (χ0) is 24.3. The van der Waals surface area contributed by atoms with E-state index >= 15 is 0 Å². The molecule has 0 aliphatic heterocycles. The molecule has 1 spiro atoms. The van der Waals surface area contributed by atoms with Crippen molar-refractivity contribution in [3.63, 3.8) is 0 Å². The van der Waals surface area contributed by atoms with Gasteiger partial charge in [-0.15, -0.1) is 0 Å². The number of hydrogen-bond acceptors (Lipinski definition) is 0. The summed E-state index contributed by atoms with van der Waals surface area (Å²) in [7, 11) is 0. The van der Waals surface area contributed by atoms with Gasteiger partial charge in [0.25, 0.3) is 0 Å². The summed E-state index contributed by atoms with van der Waals surface area (Å²) in [4.78, 5) is 0. The number of rotatable bonds is 0. The fourth-order valence-electron chi connectivity index (χ4n) is 15.1. The van der Waals surface area contributed by atoms with Crippen LogP contribution in [0.2, 0.25) is 0 Å².